The summed E-state index contributed by atoms with van der Waals surface area (Å²) in [5, 5.41) is 2.90. The molecule has 6 nitrogen and oxygen atoms in total. The summed E-state index contributed by atoms with van der Waals surface area (Å²) in [4.78, 5) is 25.8. The molecule has 2 aromatic carbocycles. The Balaban J connectivity index is 1.48. The molecule has 1 heterocycles. The van der Waals surface area contributed by atoms with Gasteiger partial charge in [-0.1, -0.05) is 18.2 Å². The van der Waals surface area contributed by atoms with Crippen LogP contribution in [-0.4, -0.2) is 24.0 Å². The third-order valence-corrected chi connectivity index (χ3v) is 3.82. The summed E-state index contributed by atoms with van der Waals surface area (Å²) in [6, 6.07) is 13.0. The van der Waals surface area contributed by atoms with Crippen LogP contribution in [0.4, 0.5) is 0 Å². The van der Waals surface area contributed by atoms with Gasteiger partial charge >= 0.3 is 5.76 Å². The van der Waals surface area contributed by atoms with Gasteiger partial charge in [0.1, 0.15) is 5.75 Å². The van der Waals surface area contributed by atoms with Crippen LogP contribution < -0.4 is 15.8 Å². The van der Waals surface area contributed by atoms with Crippen molar-refractivity contribution in [2.45, 2.75) is 19.8 Å². The minimum Gasteiger partial charge on any atom is -0.494 e. The van der Waals surface area contributed by atoms with E-state index in [0.717, 1.165) is 16.9 Å². The van der Waals surface area contributed by atoms with Crippen molar-refractivity contribution in [1.29, 1.82) is 0 Å². The van der Waals surface area contributed by atoms with E-state index in [1.54, 1.807) is 6.07 Å². The molecule has 6 heteroatoms. The fourth-order valence-corrected chi connectivity index (χ4v) is 2.61. The van der Waals surface area contributed by atoms with Gasteiger partial charge in [0.15, 0.2) is 5.58 Å². The molecule has 130 valence electrons. The van der Waals surface area contributed by atoms with Crippen LogP contribution in [0.1, 0.15) is 18.1 Å². The predicted octanol–water partition coefficient (Wildman–Crippen LogP) is 2.42. The zero-order valence-corrected chi connectivity index (χ0v) is 14.0. The van der Waals surface area contributed by atoms with Gasteiger partial charge in [0, 0.05) is 6.54 Å². The molecule has 0 unspecified atom stereocenters. The van der Waals surface area contributed by atoms with E-state index in [1.165, 1.54) is 0 Å². The monoisotopic (exact) mass is 340 g/mol. The standard InChI is InChI=1S/C19H20N2O4/c1-2-24-15-6-3-13(4-7-15)12-18(22)20-10-9-14-5-8-16-17(11-14)25-19(23)21-16/h3-8,11H,2,9-10,12H2,1H3,(H,20,22)(H,21,23). The minimum atomic E-state index is -0.462. The summed E-state index contributed by atoms with van der Waals surface area (Å²) >= 11 is 0. The molecule has 3 aromatic rings. The van der Waals surface area contributed by atoms with Crippen molar-refractivity contribution in [3.05, 3.63) is 64.1 Å². The normalized spacial score (nSPS) is 10.8. The molecule has 0 atom stereocenters. The first-order valence-electron chi connectivity index (χ1n) is 8.24. The number of H-pyrrole nitrogens is 1. The van der Waals surface area contributed by atoms with Crippen LogP contribution in [0.5, 0.6) is 5.75 Å². The number of fused-ring (bicyclic) bond motifs is 1. The second-order valence-electron chi connectivity index (χ2n) is 5.70. The molecule has 2 N–H and O–H groups in total. The SMILES string of the molecule is CCOc1ccc(CC(=O)NCCc2ccc3[nH]c(=O)oc3c2)cc1. The Labute approximate surface area is 144 Å². The van der Waals surface area contributed by atoms with Crippen molar-refractivity contribution >= 4 is 17.0 Å². The van der Waals surface area contributed by atoms with Crippen LogP contribution in [0.3, 0.4) is 0 Å². The summed E-state index contributed by atoms with van der Waals surface area (Å²) in [5.41, 5.74) is 3.14. The Bertz CT molecular complexity index is 909. The van der Waals surface area contributed by atoms with Gasteiger partial charge in [0.25, 0.3) is 0 Å². The molecule has 0 aliphatic heterocycles. The zero-order valence-electron chi connectivity index (χ0n) is 14.0. The maximum atomic E-state index is 12.0. The highest BCUT2D eigenvalue weighted by Crippen LogP contribution is 2.13. The summed E-state index contributed by atoms with van der Waals surface area (Å²) in [5.74, 6) is 0.313. The average Bonchev–Trinajstić information content (AvgIpc) is 2.96. The van der Waals surface area contributed by atoms with Crippen LogP contribution in [0, 0.1) is 0 Å². The summed E-state index contributed by atoms with van der Waals surface area (Å²) in [6.07, 6.45) is 0.998. The van der Waals surface area contributed by atoms with Gasteiger partial charge in [-0.15, -0.1) is 0 Å². The molecule has 0 saturated carbocycles. The lowest BCUT2D eigenvalue weighted by molar-refractivity contribution is -0.120. The Kier molecular flexibility index (Phi) is 5.18. The zero-order chi connectivity index (χ0) is 17.6. The fraction of sp³-hybridized carbons (Fsp3) is 0.263. The highest BCUT2D eigenvalue weighted by atomic mass is 16.5. The lowest BCUT2D eigenvalue weighted by Crippen LogP contribution is -2.27. The number of rotatable bonds is 7. The van der Waals surface area contributed by atoms with Gasteiger partial charge < -0.3 is 14.5 Å². The van der Waals surface area contributed by atoms with Crippen molar-refractivity contribution in [3.63, 3.8) is 0 Å². The van der Waals surface area contributed by atoms with Crippen LogP contribution in [0.2, 0.25) is 0 Å². The lowest BCUT2D eigenvalue weighted by Gasteiger charge is -2.07. The summed E-state index contributed by atoms with van der Waals surface area (Å²) in [6.45, 7) is 3.08. The highest BCUT2D eigenvalue weighted by molar-refractivity contribution is 5.78. The largest absolute Gasteiger partial charge is 0.494 e. The van der Waals surface area contributed by atoms with Crippen LogP contribution in [0.25, 0.3) is 11.1 Å². The van der Waals surface area contributed by atoms with E-state index in [1.807, 2.05) is 43.3 Å². The first-order valence-corrected chi connectivity index (χ1v) is 8.24. The van der Waals surface area contributed by atoms with E-state index in [9.17, 15) is 9.59 Å². The molecule has 0 saturated heterocycles. The molecular formula is C19H20N2O4. The number of benzene rings is 2. The third-order valence-electron chi connectivity index (χ3n) is 3.82. The lowest BCUT2D eigenvalue weighted by atomic mass is 10.1. The molecule has 1 aromatic heterocycles. The quantitative estimate of drug-likeness (QED) is 0.692. The number of amides is 1. The topological polar surface area (TPSA) is 84.3 Å². The van der Waals surface area contributed by atoms with E-state index in [2.05, 4.69) is 10.3 Å². The number of ether oxygens (including phenoxy) is 1. The number of carbonyl (C=O) groups excluding carboxylic acids is 1. The van der Waals surface area contributed by atoms with E-state index in [4.69, 9.17) is 9.15 Å². The minimum absolute atomic E-state index is 0.0292. The Morgan fingerprint density at radius 1 is 1.16 bits per heavy atom. The van der Waals surface area contributed by atoms with Crippen LogP contribution in [-0.2, 0) is 17.6 Å². The first-order chi connectivity index (χ1) is 12.1. The van der Waals surface area contributed by atoms with Crippen molar-refractivity contribution in [3.8, 4) is 5.75 Å². The van der Waals surface area contributed by atoms with Crippen molar-refractivity contribution in [1.82, 2.24) is 10.3 Å². The molecule has 0 aliphatic rings. The van der Waals surface area contributed by atoms with Crippen LogP contribution >= 0.6 is 0 Å². The molecule has 0 bridgehead atoms. The van der Waals surface area contributed by atoms with Gasteiger partial charge in [-0.3, -0.25) is 9.78 Å². The summed E-state index contributed by atoms with van der Waals surface area (Å²) < 4.78 is 10.4. The molecule has 1 amide bonds. The highest BCUT2D eigenvalue weighted by Gasteiger charge is 2.05. The molecule has 3 rings (SSSR count). The Hall–Kier alpha value is -3.02. The van der Waals surface area contributed by atoms with E-state index < -0.39 is 5.76 Å². The fourth-order valence-electron chi connectivity index (χ4n) is 2.61. The number of nitrogens with one attached hydrogen (secondary N) is 2. The number of aromatic nitrogens is 1. The van der Waals surface area contributed by atoms with Gasteiger partial charge in [-0.05, 0) is 48.7 Å². The molecule has 25 heavy (non-hydrogen) atoms. The van der Waals surface area contributed by atoms with Crippen LogP contribution in [0.15, 0.2) is 51.7 Å². The second kappa shape index (κ2) is 7.70. The number of aromatic amines is 1. The van der Waals surface area contributed by atoms with E-state index in [-0.39, 0.29) is 5.91 Å². The number of hydrogen-bond donors (Lipinski definition) is 2. The number of carbonyl (C=O) groups is 1. The van der Waals surface area contributed by atoms with E-state index in [0.29, 0.717) is 37.1 Å². The van der Waals surface area contributed by atoms with Gasteiger partial charge in [-0.25, -0.2) is 4.79 Å². The van der Waals surface area contributed by atoms with Gasteiger partial charge in [0.05, 0.1) is 18.5 Å². The number of oxazole rings is 1. The Morgan fingerprint density at radius 2 is 1.92 bits per heavy atom. The molecule has 0 spiro atoms. The third kappa shape index (κ3) is 4.50. The first kappa shape index (κ1) is 16.8. The van der Waals surface area contributed by atoms with Crippen molar-refractivity contribution in [2.75, 3.05) is 13.2 Å². The molecular weight excluding hydrogens is 320 g/mol. The molecule has 0 radical (unpaired) electrons. The smallest absolute Gasteiger partial charge is 0.417 e. The van der Waals surface area contributed by atoms with Gasteiger partial charge in [0.2, 0.25) is 5.91 Å². The maximum absolute atomic E-state index is 12.0. The van der Waals surface area contributed by atoms with Crippen molar-refractivity contribution in [2.24, 2.45) is 0 Å². The predicted molar refractivity (Wildman–Crippen MR) is 94.9 cm³/mol. The molecule has 0 fully saturated rings. The summed E-state index contributed by atoms with van der Waals surface area (Å²) in [7, 11) is 0. The van der Waals surface area contributed by atoms with E-state index >= 15 is 0 Å². The van der Waals surface area contributed by atoms with Gasteiger partial charge in [-0.2, -0.15) is 0 Å². The second-order valence-corrected chi connectivity index (χ2v) is 5.70. The molecule has 0 aliphatic carbocycles. The Morgan fingerprint density at radius 3 is 2.68 bits per heavy atom. The maximum Gasteiger partial charge on any atom is 0.417 e. The van der Waals surface area contributed by atoms with Crippen molar-refractivity contribution < 1.29 is 13.9 Å². The average molecular weight is 340 g/mol. The number of hydrogen-bond acceptors (Lipinski definition) is 4.